The number of allylic oxidation sites excluding steroid dienone is 11. The minimum Gasteiger partial charge on any atom is -0.394 e. The lowest BCUT2D eigenvalue weighted by atomic mass is 9.96. The van der Waals surface area contributed by atoms with Crippen molar-refractivity contribution in [2.24, 2.45) is 0 Å². The number of nitrogens with one attached hydrogen (secondary N) is 1. The molecule has 17 unspecified atom stereocenters. The van der Waals surface area contributed by atoms with Gasteiger partial charge in [0.1, 0.15) is 73.2 Å². The van der Waals surface area contributed by atoms with Crippen molar-refractivity contribution >= 4 is 5.91 Å². The standard InChI is InChI=1S/C80H143NO18/c1-3-5-7-9-11-13-15-17-19-20-21-22-23-24-25-26-27-28-29-30-31-32-33-34-35-36-37-38-39-40-41-42-44-46-48-50-52-54-56-58-68(86)81-63(64(85)57-55-53-51-49-47-45-43-18-16-14-12-10-8-6-4-2)62-94-78-74(92)71(89)76(66(60-83)96-78)99-80-75(93)72(90)77(67(61-84)97-80)98-79-73(91)70(88)69(87)65(59-82)95-79/h15-18,20-21,23-24,47,49,55,57,63-67,69-80,82-85,87-93H,3-14,19,22,25-46,48,50-54,56,58-62H2,1-2H3,(H,81,86)/b17-15-,18-16+,21-20-,24-23-,49-47+,57-55+. The third-order valence-corrected chi connectivity index (χ3v) is 19.5. The molecule has 0 bridgehead atoms. The quantitative estimate of drug-likeness (QED) is 0.0199. The summed E-state index contributed by atoms with van der Waals surface area (Å²) in [6.45, 7) is 1.69. The number of ether oxygens (including phenoxy) is 6. The molecule has 3 rings (SSSR count). The van der Waals surface area contributed by atoms with E-state index < -0.39 is 124 Å². The van der Waals surface area contributed by atoms with Crippen LogP contribution in [0.5, 0.6) is 0 Å². The number of unbranched alkanes of at least 4 members (excludes halogenated alkanes) is 36. The molecular weight excluding hydrogens is 1260 g/mol. The Morgan fingerprint density at radius 1 is 0.364 bits per heavy atom. The van der Waals surface area contributed by atoms with Crippen LogP contribution in [0.25, 0.3) is 0 Å². The van der Waals surface area contributed by atoms with Crippen LogP contribution < -0.4 is 5.32 Å². The fraction of sp³-hybridized carbons (Fsp3) is 0.838. The molecule has 19 nitrogen and oxygen atoms in total. The van der Waals surface area contributed by atoms with Crippen LogP contribution in [0.3, 0.4) is 0 Å². The predicted octanol–water partition coefficient (Wildman–Crippen LogP) is 12.8. The van der Waals surface area contributed by atoms with Gasteiger partial charge in [-0.3, -0.25) is 4.79 Å². The lowest BCUT2D eigenvalue weighted by Gasteiger charge is -2.48. The zero-order valence-electron chi connectivity index (χ0n) is 61.5. The Kier molecular flexibility index (Phi) is 55.3. The normalized spacial score (nSPS) is 27.0. The molecule has 0 spiro atoms. The average molecular weight is 1410 g/mol. The summed E-state index contributed by atoms with van der Waals surface area (Å²) in [6.07, 6.45) is 52.1. The van der Waals surface area contributed by atoms with Crippen molar-refractivity contribution in [2.75, 3.05) is 26.4 Å². The highest BCUT2D eigenvalue weighted by Gasteiger charge is 2.53. The number of carbonyl (C=O) groups is 1. The molecule has 0 aliphatic carbocycles. The Hall–Kier alpha value is -2.77. The third kappa shape index (κ3) is 40.9. The number of rotatable bonds is 62. The summed E-state index contributed by atoms with van der Waals surface area (Å²) in [5, 5.41) is 121. The third-order valence-electron chi connectivity index (χ3n) is 19.5. The first-order valence-corrected chi connectivity index (χ1v) is 39.7. The zero-order chi connectivity index (χ0) is 71.8. The summed E-state index contributed by atoms with van der Waals surface area (Å²) in [5.74, 6) is -0.287. The van der Waals surface area contributed by atoms with Crippen molar-refractivity contribution in [2.45, 2.75) is 401 Å². The molecule has 0 radical (unpaired) electrons. The molecule has 0 aromatic heterocycles. The molecule has 1 amide bonds. The van der Waals surface area contributed by atoms with Gasteiger partial charge < -0.3 is 89.9 Å². The summed E-state index contributed by atoms with van der Waals surface area (Å²) in [7, 11) is 0. The first-order chi connectivity index (χ1) is 48.3. The van der Waals surface area contributed by atoms with Gasteiger partial charge in [-0.1, -0.05) is 279 Å². The van der Waals surface area contributed by atoms with E-state index in [1.807, 2.05) is 6.08 Å². The van der Waals surface area contributed by atoms with E-state index in [1.165, 1.54) is 205 Å². The summed E-state index contributed by atoms with van der Waals surface area (Å²) in [5.41, 5.74) is 0. The van der Waals surface area contributed by atoms with Crippen LogP contribution in [0.15, 0.2) is 72.9 Å². The van der Waals surface area contributed by atoms with E-state index in [4.69, 9.17) is 28.4 Å². The van der Waals surface area contributed by atoms with Crippen molar-refractivity contribution in [3.8, 4) is 0 Å². The highest BCUT2D eigenvalue weighted by atomic mass is 16.8. The molecule has 3 heterocycles. The molecule has 3 aliphatic rings. The van der Waals surface area contributed by atoms with Crippen LogP contribution in [-0.4, -0.2) is 193 Å². The van der Waals surface area contributed by atoms with Gasteiger partial charge in [0.15, 0.2) is 18.9 Å². The lowest BCUT2D eigenvalue weighted by Crippen LogP contribution is -2.66. The number of hydrogen-bond donors (Lipinski definition) is 12. The lowest BCUT2D eigenvalue weighted by molar-refractivity contribution is -0.379. The number of aliphatic hydroxyl groups excluding tert-OH is 11. The number of aliphatic hydroxyl groups is 11. The molecule has 19 heteroatoms. The van der Waals surface area contributed by atoms with Crippen molar-refractivity contribution in [1.82, 2.24) is 5.32 Å². The highest BCUT2D eigenvalue weighted by Crippen LogP contribution is 2.33. The van der Waals surface area contributed by atoms with Gasteiger partial charge in [-0.25, -0.2) is 0 Å². The highest BCUT2D eigenvalue weighted by molar-refractivity contribution is 5.76. The van der Waals surface area contributed by atoms with Gasteiger partial charge in [0.25, 0.3) is 0 Å². The number of carbonyl (C=O) groups excluding carboxylic acids is 1. The number of hydrogen-bond acceptors (Lipinski definition) is 18. The zero-order valence-corrected chi connectivity index (χ0v) is 61.5. The van der Waals surface area contributed by atoms with Crippen molar-refractivity contribution in [3.63, 3.8) is 0 Å². The van der Waals surface area contributed by atoms with Crippen molar-refractivity contribution in [3.05, 3.63) is 72.9 Å². The van der Waals surface area contributed by atoms with E-state index in [0.29, 0.717) is 12.8 Å². The SMILES string of the molecule is CCCCCCC/C=C\C/C=C\C/C=C\CCCCCCCCCCCCCCCCCCCCCCCCCCC(=O)NC(COC1OC(CO)C(OC2OC(CO)C(OC3OC(CO)C(O)C(O)C3O)C(O)C2O)C(O)C1O)C(O)/C=C/CC/C=C/CC/C=C/CCCCCCC. The second-order valence-corrected chi connectivity index (χ2v) is 28.2. The fourth-order valence-corrected chi connectivity index (χ4v) is 13.1. The maximum Gasteiger partial charge on any atom is 0.220 e. The molecule has 3 saturated heterocycles. The molecule has 3 aliphatic heterocycles. The molecule has 0 aromatic rings. The van der Waals surface area contributed by atoms with Crippen LogP contribution in [-0.2, 0) is 33.2 Å². The van der Waals surface area contributed by atoms with Gasteiger partial charge in [0.05, 0.1) is 38.6 Å². The minimum atomic E-state index is -1.98. The Bertz CT molecular complexity index is 2070. The van der Waals surface area contributed by atoms with E-state index in [1.54, 1.807) is 6.08 Å². The Morgan fingerprint density at radius 2 is 0.677 bits per heavy atom. The van der Waals surface area contributed by atoms with Gasteiger partial charge in [0.2, 0.25) is 5.91 Å². The van der Waals surface area contributed by atoms with Gasteiger partial charge in [0, 0.05) is 6.42 Å². The number of amides is 1. The van der Waals surface area contributed by atoms with E-state index in [2.05, 4.69) is 79.9 Å². The van der Waals surface area contributed by atoms with E-state index in [0.717, 1.165) is 57.8 Å². The van der Waals surface area contributed by atoms with E-state index in [-0.39, 0.29) is 18.9 Å². The second-order valence-electron chi connectivity index (χ2n) is 28.2. The molecule has 12 N–H and O–H groups in total. The molecular formula is C80H143NO18. The first-order valence-electron chi connectivity index (χ1n) is 39.7. The second kappa shape index (κ2) is 60.5. The summed E-state index contributed by atoms with van der Waals surface area (Å²) >= 11 is 0. The van der Waals surface area contributed by atoms with Crippen molar-refractivity contribution < 1.29 is 89.4 Å². The largest absolute Gasteiger partial charge is 0.394 e. The van der Waals surface area contributed by atoms with Gasteiger partial charge in [-0.15, -0.1) is 0 Å². The van der Waals surface area contributed by atoms with Gasteiger partial charge in [-0.05, 0) is 83.5 Å². The molecule has 99 heavy (non-hydrogen) atoms. The maximum atomic E-state index is 13.4. The predicted molar refractivity (Wildman–Crippen MR) is 392 cm³/mol. The Morgan fingerprint density at radius 3 is 1.08 bits per heavy atom. The molecule has 3 fully saturated rings. The maximum absolute atomic E-state index is 13.4. The van der Waals surface area contributed by atoms with Gasteiger partial charge >= 0.3 is 0 Å². The Labute approximate surface area is 598 Å². The van der Waals surface area contributed by atoms with Crippen LogP contribution in [0, 0.1) is 0 Å². The molecule has 17 atom stereocenters. The van der Waals surface area contributed by atoms with Gasteiger partial charge in [-0.2, -0.15) is 0 Å². The summed E-state index contributed by atoms with van der Waals surface area (Å²) < 4.78 is 34.4. The Balaban J connectivity index is 1.30. The molecule has 0 aromatic carbocycles. The summed E-state index contributed by atoms with van der Waals surface area (Å²) in [4.78, 5) is 13.4. The van der Waals surface area contributed by atoms with E-state index >= 15 is 0 Å². The molecule has 576 valence electrons. The minimum absolute atomic E-state index is 0.233. The topological polar surface area (TPSA) is 307 Å². The van der Waals surface area contributed by atoms with Crippen LogP contribution in [0.2, 0.25) is 0 Å². The van der Waals surface area contributed by atoms with E-state index in [9.17, 15) is 61.0 Å². The summed E-state index contributed by atoms with van der Waals surface area (Å²) in [6, 6.07) is -0.997. The fourth-order valence-electron chi connectivity index (χ4n) is 13.1. The van der Waals surface area contributed by atoms with Crippen LogP contribution in [0.1, 0.15) is 296 Å². The monoisotopic (exact) mass is 1410 g/mol. The van der Waals surface area contributed by atoms with Crippen LogP contribution in [0.4, 0.5) is 0 Å². The van der Waals surface area contributed by atoms with Crippen LogP contribution >= 0.6 is 0 Å². The molecule has 0 saturated carbocycles. The van der Waals surface area contributed by atoms with Crippen molar-refractivity contribution in [1.29, 1.82) is 0 Å². The smallest absolute Gasteiger partial charge is 0.220 e. The first kappa shape index (κ1) is 90.4. The average Bonchev–Trinajstić information content (AvgIpc) is 0.784.